The average molecular weight is 369 g/mol. The van der Waals surface area contributed by atoms with Gasteiger partial charge in [0.15, 0.2) is 0 Å². The molecule has 0 spiro atoms. The Bertz CT molecular complexity index is 875. The number of anilines is 1. The van der Waals surface area contributed by atoms with E-state index < -0.39 is 0 Å². The Morgan fingerprint density at radius 2 is 1.93 bits per heavy atom. The van der Waals surface area contributed by atoms with Crippen LogP contribution in [0.4, 0.5) is 5.69 Å². The van der Waals surface area contributed by atoms with Gasteiger partial charge in [-0.1, -0.05) is 26.0 Å². The molecular formula is C21H27N3O3. The fourth-order valence-corrected chi connectivity index (χ4v) is 3.52. The molecule has 1 aliphatic heterocycles. The van der Waals surface area contributed by atoms with E-state index in [9.17, 15) is 9.59 Å². The minimum atomic E-state index is -0.314. The van der Waals surface area contributed by atoms with Crippen molar-refractivity contribution in [1.29, 1.82) is 0 Å². The van der Waals surface area contributed by atoms with E-state index in [-0.39, 0.29) is 29.0 Å². The van der Waals surface area contributed by atoms with Crippen LogP contribution in [-0.4, -0.2) is 48.6 Å². The molecule has 1 aromatic heterocycles. The Morgan fingerprint density at radius 1 is 1.19 bits per heavy atom. The molecule has 6 nitrogen and oxygen atoms in total. The van der Waals surface area contributed by atoms with Gasteiger partial charge < -0.3 is 19.5 Å². The molecule has 0 radical (unpaired) electrons. The van der Waals surface area contributed by atoms with Crippen LogP contribution in [0.2, 0.25) is 0 Å². The summed E-state index contributed by atoms with van der Waals surface area (Å²) in [5, 5.41) is 0. The molecule has 0 bridgehead atoms. The van der Waals surface area contributed by atoms with Gasteiger partial charge in [-0.05, 0) is 37.1 Å². The third-order valence-corrected chi connectivity index (χ3v) is 5.10. The van der Waals surface area contributed by atoms with Gasteiger partial charge in [0.1, 0.15) is 11.3 Å². The number of rotatable bonds is 4. The van der Waals surface area contributed by atoms with Gasteiger partial charge in [0.25, 0.3) is 11.5 Å². The van der Waals surface area contributed by atoms with E-state index in [1.807, 2.05) is 51.1 Å². The molecule has 2 aromatic rings. The molecule has 27 heavy (non-hydrogen) atoms. The summed E-state index contributed by atoms with van der Waals surface area (Å²) in [5.74, 6) is 0.828. The molecule has 1 aliphatic rings. The van der Waals surface area contributed by atoms with Crippen LogP contribution >= 0.6 is 0 Å². The van der Waals surface area contributed by atoms with E-state index in [0.29, 0.717) is 19.6 Å². The molecule has 1 unspecified atom stereocenters. The molecule has 1 fully saturated rings. The van der Waals surface area contributed by atoms with Gasteiger partial charge in [-0.2, -0.15) is 0 Å². The van der Waals surface area contributed by atoms with Crippen molar-refractivity contribution in [2.45, 2.75) is 32.7 Å². The Hall–Kier alpha value is -2.76. The summed E-state index contributed by atoms with van der Waals surface area (Å²) in [6.07, 6.45) is 0. The number of para-hydroxylation sites is 2. The fourth-order valence-electron chi connectivity index (χ4n) is 3.52. The van der Waals surface area contributed by atoms with Gasteiger partial charge in [0.2, 0.25) is 0 Å². The van der Waals surface area contributed by atoms with Crippen molar-refractivity contribution in [3.8, 4) is 5.75 Å². The first-order valence-corrected chi connectivity index (χ1v) is 9.34. The second-order valence-corrected chi connectivity index (χ2v) is 7.28. The maximum atomic E-state index is 12.9. The number of aromatic nitrogens is 1. The normalized spacial score (nSPS) is 17.3. The Labute approximate surface area is 159 Å². The number of carbonyl (C=O) groups excluding carboxylic acids is 1. The predicted octanol–water partition coefficient (Wildman–Crippen LogP) is 2.86. The van der Waals surface area contributed by atoms with E-state index in [1.165, 1.54) is 0 Å². The molecule has 2 heterocycles. The molecule has 3 rings (SSSR count). The zero-order valence-corrected chi connectivity index (χ0v) is 16.4. The van der Waals surface area contributed by atoms with Crippen molar-refractivity contribution in [3.05, 3.63) is 58.0 Å². The highest BCUT2D eigenvalue weighted by Crippen LogP contribution is 2.29. The zero-order valence-electron chi connectivity index (χ0n) is 16.4. The summed E-state index contributed by atoms with van der Waals surface area (Å²) in [7, 11) is 1.66. The Balaban J connectivity index is 1.77. The molecule has 1 atom stereocenters. The first-order chi connectivity index (χ1) is 12.9. The van der Waals surface area contributed by atoms with Crippen LogP contribution in [-0.2, 0) is 0 Å². The van der Waals surface area contributed by atoms with Gasteiger partial charge in [-0.25, -0.2) is 0 Å². The molecule has 0 saturated carbocycles. The van der Waals surface area contributed by atoms with E-state index in [0.717, 1.165) is 17.1 Å². The Morgan fingerprint density at radius 3 is 2.56 bits per heavy atom. The monoisotopic (exact) mass is 369 g/mol. The molecule has 1 saturated heterocycles. The van der Waals surface area contributed by atoms with E-state index in [2.05, 4.69) is 9.88 Å². The highest BCUT2D eigenvalue weighted by atomic mass is 16.5. The number of benzene rings is 1. The second-order valence-electron chi connectivity index (χ2n) is 7.28. The van der Waals surface area contributed by atoms with Crippen LogP contribution in [0.1, 0.15) is 42.7 Å². The number of amides is 1. The highest BCUT2D eigenvalue weighted by molar-refractivity contribution is 5.94. The third kappa shape index (κ3) is 3.84. The topological polar surface area (TPSA) is 65.6 Å². The molecular weight excluding hydrogens is 342 g/mol. The number of hydrogen-bond acceptors (Lipinski definition) is 4. The SMILES string of the molecule is COc1ccccc1N1CCN(C(=O)c2ccc(C(C)C)[nH]c2=O)C(C)C1. The number of aromatic amines is 1. The van der Waals surface area contributed by atoms with Crippen LogP contribution in [0.25, 0.3) is 0 Å². The molecule has 6 heteroatoms. The number of carbonyl (C=O) groups is 1. The van der Waals surface area contributed by atoms with Gasteiger partial charge in [-0.15, -0.1) is 0 Å². The quantitative estimate of drug-likeness (QED) is 0.900. The van der Waals surface area contributed by atoms with Crippen molar-refractivity contribution in [2.24, 2.45) is 0 Å². The Kier molecular flexibility index (Phi) is 5.54. The first-order valence-electron chi connectivity index (χ1n) is 9.34. The first kappa shape index (κ1) is 19.0. The fraction of sp³-hybridized carbons (Fsp3) is 0.429. The maximum Gasteiger partial charge on any atom is 0.261 e. The predicted molar refractivity (Wildman–Crippen MR) is 107 cm³/mol. The zero-order chi connectivity index (χ0) is 19.6. The average Bonchev–Trinajstić information content (AvgIpc) is 2.67. The van der Waals surface area contributed by atoms with Gasteiger partial charge >= 0.3 is 0 Å². The minimum Gasteiger partial charge on any atom is -0.495 e. The lowest BCUT2D eigenvalue weighted by atomic mass is 10.1. The number of H-pyrrole nitrogens is 1. The number of ether oxygens (including phenoxy) is 1. The van der Waals surface area contributed by atoms with Crippen molar-refractivity contribution in [2.75, 3.05) is 31.6 Å². The van der Waals surface area contributed by atoms with E-state index >= 15 is 0 Å². The van der Waals surface area contributed by atoms with Crippen LogP contribution in [0.15, 0.2) is 41.2 Å². The van der Waals surface area contributed by atoms with E-state index in [1.54, 1.807) is 18.1 Å². The van der Waals surface area contributed by atoms with Crippen molar-refractivity contribution in [1.82, 2.24) is 9.88 Å². The lowest BCUT2D eigenvalue weighted by Crippen LogP contribution is -2.54. The van der Waals surface area contributed by atoms with Gasteiger partial charge in [-0.3, -0.25) is 9.59 Å². The third-order valence-electron chi connectivity index (χ3n) is 5.10. The molecule has 0 aliphatic carbocycles. The van der Waals surface area contributed by atoms with Crippen LogP contribution in [0, 0.1) is 0 Å². The van der Waals surface area contributed by atoms with Crippen molar-refractivity contribution >= 4 is 11.6 Å². The summed E-state index contributed by atoms with van der Waals surface area (Å²) >= 11 is 0. The van der Waals surface area contributed by atoms with Gasteiger partial charge in [0, 0.05) is 31.4 Å². The number of piperazine rings is 1. The lowest BCUT2D eigenvalue weighted by molar-refractivity contribution is 0.0672. The number of nitrogens with zero attached hydrogens (tertiary/aromatic N) is 2. The largest absolute Gasteiger partial charge is 0.495 e. The molecule has 144 valence electrons. The summed E-state index contributed by atoms with van der Waals surface area (Å²) in [6.45, 7) is 7.96. The highest BCUT2D eigenvalue weighted by Gasteiger charge is 2.30. The summed E-state index contributed by atoms with van der Waals surface area (Å²) in [5.41, 5.74) is 1.76. The van der Waals surface area contributed by atoms with Crippen molar-refractivity contribution < 1.29 is 9.53 Å². The van der Waals surface area contributed by atoms with Crippen LogP contribution in [0.3, 0.4) is 0 Å². The minimum absolute atomic E-state index is 0.0136. The van der Waals surface area contributed by atoms with Gasteiger partial charge in [0.05, 0.1) is 12.8 Å². The number of nitrogens with one attached hydrogen (secondary N) is 1. The van der Waals surface area contributed by atoms with Crippen LogP contribution in [0.5, 0.6) is 5.75 Å². The summed E-state index contributed by atoms with van der Waals surface area (Å²) < 4.78 is 5.46. The molecule has 1 aromatic carbocycles. The number of hydrogen-bond donors (Lipinski definition) is 1. The maximum absolute atomic E-state index is 12.9. The van der Waals surface area contributed by atoms with Crippen molar-refractivity contribution in [3.63, 3.8) is 0 Å². The second kappa shape index (κ2) is 7.86. The standard InChI is InChI=1S/C21H27N3O3/c1-14(2)17-10-9-16(20(25)22-17)21(26)24-12-11-23(13-15(24)3)18-7-5-6-8-19(18)27-4/h5-10,14-15H,11-13H2,1-4H3,(H,22,25). The molecule has 1 amide bonds. The number of pyridine rings is 1. The summed E-state index contributed by atoms with van der Waals surface area (Å²) in [4.78, 5) is 32.2. The molecule has 1 N–H and O–H groups in total. The van der Waals surface area contributed by atoms with Crippen LogP contribution < -0.4 is 15.2 Å². The summed E-state index contributed by atoms with van der Waals surface area (Å²) in [6, 6.07) is 11.4. The lowest BCUT2D eigenvalue weighted by Gasteiger charge is -2.41. The number of methoxy groups -OCH3 is 1. The smallest absolute Gasteiger partial charge is 0.261 e. The van der Waals surface area contributed by atoms with E-state index in [4.69, 9.17) is 4.74 Å².